The number of nitrogens with one attached hydrogen (secondary N) is 1. The average Bonchev–Trinajstić information content (AvgIpc) is 2.47. The van der Waals surface area contributed by atoms with E-state index in [1.807, 2.05) is 32.3 Å². The van der Waals surface area contributed by atoms with Crippen molar-refractivity contribution in [2.45, 2.75) is 32.7 Å². The summed E-state index contributed by atoms with van der Waals surface area (Å²) >= 11 is 0. The highest BCUT2D eigenvalue weighted by molar-refractivity contribution is 5.52. The Morgan fingerprint density at radius 3 is 3.16 bits per heavy atom. The molecule has 2 atom stereocenters. The number of pyridine rings is 1. The summed E-state index contributed by atoms with van der Waals surface area (Å²) < 4.78 is 5.69. The van der Waals surface area contributed by atoms with Gasteiger partial charge in [-0.3, -0.25) is 0 Å². The molecule has 0 saturated carbocycles. The van der Waals surface area contributed by atoms with E-state index in [0.717, 1.165) is 24.7 Å². The first-order valence-electron chi connectivity index (χ1n) is 7.26. The third kappa shape index (κ3) is 3.38. The van der Waals surface area contributed by atoms with Gasteiger partial charge in [-0.15, -0.1) is 0 Å². The number of nitrogens with zero attached hydrogens (tertiary/aromatic N) is 2. The third-order valence-corrected chi connectivity index (χ3v) is 3.97. The predicted molar refractivity (Wildman–Crippen MR) is 78.9 cm³/mol. The highest BCUT2D eigenvalue weighted by Crippen LogP contribution is 2.30. The van der Waals surface area contributed by atoms with Gasteiger partial charge in [-0.25, -0.2) is 4.98 Å². The Morgan fingerprint density at radius 1 is 1.58 bits per heavy atom. The molecule has 1 aromatic rings. The monoisotopic (exact) mass is 263 g/mol. The molecule has 19 heavy (non-hydrogen) atoms. The smallest absolute Gasteiger partial charge is 0.171 e. The molecule has 0 aromatic carbocycles. The van der Waals surface area contributed by atoms with Crippen LogP contribution in [-0.4, -0.2) is 37.8 Å². The number of anilines is 1. The van der Waals surface area contributed by atoms with Crippen molar-refractivity contribution in [1.29, 1.82) is 0 Å². The van der Waals surface area contributed by atoms with Crippen LogP contribution in [0.15, 0.2) is 18.3 Å². The number of piperidine rings is 1. The van der Waals surface area contributed by atoms with Crippen LogP contribution in [-0.2, 0) is 0 Å². The van der Waals surface area contributed by atoms with Crippen molar-refractivity contribution in [3.63, 3.8) is 0 Å². The maximum Gasteiger partial charge on any atom is 0.171 e. The zero-order chi connectivity index (χ0) is 13.7. The predicted octanol–water partition coefficient (Wildman–Crippen LogP) is 2.30. The van der Waals surface area contributed by atoms with Gasteiger partial charge in [0.1, 0.15) is 0 Å². The lowest BCUT2D eigenvalue weighted by molar-refractivity contribution is 0.320. The standard InChI is InChI=1S/C15H25N3O/c1-4-19-14-8-5-9-17-15(14)18-10-6-7-13(11-18)12(2)16-3/h5,8-9,12-13,16H,4,6-7,10-11H2,1-3H3. The van der Waals surface area contributed by atoms with Crippen LogP contribution in [0.3, 0.4) is 0 Å². The number of ether oxygens (including phenoxy) is 1. The SMILES string of the molecule is CCOc1cccnc1N1CCCC(C(C)NC)C1. The van der Waals surface area contributed by atoms with Gasteiger partial charge in [-0.2, -0.15) is 0 Å². The van der Waals surface area contributed by atoms with Crippen LogP contribution in [0.5, 0.6) is 5.75 Å². The molecule has 106 valence electrons. The number of hydrogen-bond acceptors (Lipinski definition) is 4. The van der Waals surface area contributed by atoms with Gasteiger partial charge in [0.2, 0.25) is 0 Å². The fourth-order valence-electron chi connectivity index (χ4n) is 2.73. The summed E-state index contributed by atoms with van der Waals surface area (Å²) in [6.45, 7) is 7.08. The Morgan fingerprint density at radius 2 is 2.42 bits per heavy atom. The topological polar surface area (TPSA) is 37.4 Å². The molecule has 0 amide bonds. The highest BCUT2D eigenvalue weighted by Gasteiger charge is 2.26. The first-order chi connectivity index (χ1) is 9.26. The van der Waals surface area contributed by atoms with E-state index in [1.54, 1.807) is 0 Å². The third-order valence-electron chi connectivity index (χ3n) is 3.97. The molecular weight excluding hydrogens is 238 g/mol. The van der Waals surface area contributed by atoms with Crippen LogP contribution >= 0.6 is 0 Å². The van der Waals surface area contributed by atoms with Gasteiger partial charge in [0, 0.05) is 25.3 Å². The highest BCUT2D eigenvalue weighted by atomic mass is 16.5. The van der Waals surface area contributed by atoms with Crippen LogP contribution in [0.4, 0.5) is 5.82 Å². The number of rotatable bonds is 5. The molecule has 4 heteroatoms. The Labute approximate surface area is 116 Å². The second-order valence-corrected chi connectivity index (χ2v) is 5.18. The van der Waals surface area contributed by atoms with Gasteiger partial charge in [0.15, 0.2) is 11.6 Å². The molecule has 1 aromatic heterocycles. The lowest BCUT2D eigenvalue weighted by atomic mass is 9.91. The van der Waals surface area contributed by atoms with Crippen molar-refractivity contribution in [3.05, 3.63) is 18.3 Å². The van der Waals surface area contributed by atoms with E-state index < -0.39 is 0 Å². The fourth-order valence-corrected chi connectivity index (χ4v) is 2.73. The van der Waals surface area contributed by atoms with Gasteiger partial charge in [-0.05, 0) is 51.8 Å². The van der Waals surface area contributed by atoms with Crippen LogP contribution in [0.1, 0.15) is 26.7 Å². The first kappa shape index (κ1) is 14.1. The molecule has 2 heterocycles. The van der Waals surface area contributed by atoms with Crippen molar-refractivity contribution in [2.75, 3.05) is 31.6 Å². The Balaban J connectivity index is 2.12. The molecule has 2 rings (SSSR count). The van der Waals surface area contributed by atoms with E-state index in [-0.39, 0.29) is 0 Å². The van der Waals surface area contributed by atoms with Crippen LogP contribution in [0.2, 0.25) is 0 Å². The molecule has 0 spiro atoms. The summed E-state index contributed by atoms with van der Waals surface area (Å²) in [5.41, 5.74) is 0. The van der Waals surface area contributed by atoms with E-state index in [2.05, 4.69) is 22.1 Å². The molecule has 1 aliphatic rings. The lowest BCUT2D eigenvalue weighted by Gasteiger charge is -2.36. The summed E-state index contributed by atoms with van der Waals surface area (Å²) in [5.74, 6) is 2.58. The second-order valence-electron chi connectivity index (χ2n) is 5.18. The molecule has 2 unspecified atom stereocenters. The largest absolute Gasteiger partial charge is 0.490 e. The minimum atomic E-state index is 0.544. The molecule has 0 aliphatic carbocycles. The summed E-state index contributed by atoms with van der Waals surface area (Å²) in [6.07, 6.45) is 4.36. The Bertz CT molecular complexity index is 397. The molecule has 0 bridgehead atoms. The molecule has 1 N–H and O–H groups in total. The zero-order valence-electron chi connectivity index (χ0n) is 12.2. The first-order valence-corrected chi connectivity index (χ1v) is 7.26. The van der Waals surface area contributed by atoms with Crippen molar-refractivity contribution in [2.24, 2.45) is 5.92 Å². The lowest BCUT2D eigenvalue weighted by Crippen LogP contribution is -2.43. The van der Waals surface area contributed by atoms with Crippen molar-refractivity contribution >= 4 is 5.82 Å². The molecule has 4 nitrogen and oxygen atoms in total. The molecule has 1 fully saturated rings. The van der Waals surface area contributed by atoms with E-state index in [0.29, 0.717) is 18.6 Å². The molecule has 1 aliphatic heterocycles. The summed E-state index contributed by atoms with van der Waals surface area (Å²) in [7, 11) is 2.04. The van der Waals surface area contributed by atoms with E-state index in [4.69, 9.17) is 4.74 Å². The van der Waals surface area contributed by atoms with Crippen LogP contribution in [0, 0.1) is 5.92 Å². The second kappa shape index (κ2) is 6.75. The fraction of sp³-hybridized carbons (Fsp3) is 0.667. The summed E-state index contributed by atoms with van der Waals surface area (Å²) in [6, 6.07) is 4.49. The molecule has 1 saturated heterocycles. The zero-order valence-corrected chi connectivity index (χ0v) is 12.2. The maximum atomic E-state index is 5.69. The quantitative estimate of drug-likeness (QED) is 0.884. The average molecular weight is 263 g/mol. The van der Waals surface area contributed by atoms with Crippen molar-refractivity contribution in [1.82, 2.24) is 10.3 Å². The Kier molecular flexibility index (Phi) is 5.02. The van der Waals surface area contributed by atoms with Gasteiger partial charge in [0.05, 0.1) is 6.61 Å². The van der Waals surface area contributed by atoms with E-state index in [9.17, 15) is 0 Å². The van der Waals surface area contributed by atoms with Crippen LogP contribution < -0.4 is 15.0 Å². The summed E-state index contributed by atoms with van der Waals surface area (Å²) in [5, 5.41) is 3.37. The normalized spacial score (nSPS) is 21.2. The number of aromatic nitrogens is 1. The van der Waals surface area contributed by atoms with Gasteiger partial charge < -0.3 is 15.0 Å². The van der Waals surface area contributed by atoms with E-state index >= 15 is 0 Å². The minimum absolute atomic E-state index is 0.544. The van der Waals surface area contributed by atoms with E-state index in [1.165, 1.54) is 12.8 Å². The maximum absolute atomic E-state index is 5.69. The number of hydrogen-bond donors (Lipinski definition) is 1. The van der Waals surface area contributed by atoms with Crippen molar-refractivity contribution in [3.8, 4) is 5.75 Å². The summed E-state index contributed by atoms with van der Waals surface area (Å²) in [4.78, 5) is 6.89. The van der Waals surface area contributed by atoms with Gasteiger partial charge in [0.25, 0.3) is 0 Å². The van der Waals surface area contributed by atoms with Gasteiger partial charge in [-0.1, -0.05) is 0 Å². The van der Waals surface area contributed by atoms with Crippen LogP contribution in [0.25, 0.3) is 0 Å². The molecule has 0 radical (unpaired) electrons. The van der Waals surface area contributed by atoms with Gasteiger partial charge >= 0.3 is 0 Å². The molecular formula is C15H25N3O. The minimum Gasteiger partial charge on any atom is -0.490 e. The van der Waals surface area contributed by atoms with Crippen molar-refractivity contribution < 1.29 is 4.74 Å². The Hall–Kier alpha value is -1.29.